The van der Waals surface area contributed by atoms with Gasteiger partial charge in [0, 0.05) is 21.8 Å². The van der Waals surface area contributed by atoms with Crippen LogP contribution in [0.1, 0.15) is 0 Å². The Kier molecular flexibility index (Phi) is 5.14. The Hall–Kier alpha value is -7.05. The van der Waals surface area contributed by atoms with E-state index in [9.17, 15) is 0 Å². The molecule has 7 aromatic carbocycles. The Morgan fingerprint density at radius 3 is 1.59 bits per heavy atom. The molecule has 5 aromatic heterocycles. The molecule has 0 radical (unpaired) electrons. The molecule has 12 rings (SSSR count). The van der Waals surface area contributed by atoms with E-state index in [2.05, 4.69) is 192 Å². The Morgan fingerprint density at radius 1 is 0.333 bits per heavy atom. The van der Waals surface area contributed by atoms with E-state index >= 15 is 0 Å². The fourth-order valence-corrected chi connectivity index (χ4v) is 8.61. The van der Waals surface area contributed by atoms with Gasteiger partial charge in [-0.1, -0.05) is 84.9 Å². The maximum absolute atomic E-state index is 5.14. The molecule has 0 aliphatic rings. The average Bonchev–Trinajstić information content (AvgIpc) is 3.97. The van der Waals surface area contributed by atoms with Gasteiger partial charge in [-0.15, -0.1) is 0 Å². The van der Waals surface area contributed by atoms with Crippen LogP contribution >= 0.6 is 0 Å². The number of aromatic nitrogens is 6. The summed E-state index contributed by atoms with van der Waals surface area (Å²) < 4.78 is 11.8. The lowest BCUT2D eigenvalue weighted by Gasteiger charge is -2.11. The average molecular weight is 653 g/mol. The van der Waals surface area contributed by atoms with Crippen LogP contribution in [0, 0.1) is 0 Å². The van der Waals surface area contributed by atoms with Gasteiger partial charge in [-0.2, -0.15) is 0 Å². The zero-order valence-corrected chi connectivity index (χ0v) is 27.3. The molecular formula is C45H28N6. The van der Waals surface area contributed by atoms with Crippen molar-refractivity contribution >= 4 is 77.2 Å². The first-order valence-corrected chi connectivity index (χ1v) is 17.3. The highest BCUT2D eigenvalue weighted by molar-refractivity contribution is 6.11. The van der Waals surface area contributed by atoms with Crippen molar-refractivity contribution in [2.45, 2.75) is 0 Å². The van der Waals surface area contributed by atoms with Crippen LogP contribution in [-0.2, 0) is 0 Å². The number of hydrogen-bond donors (Lipinski definition) is 0. The molecule has 0 N–H and O–H groups in total. The summed E-state index contributed by atoms with van der Waals surface area (Å²) in [5, 5.41) is 3.73. The molecule has 238 valence electrons. The number of rotatable bonds is 3. The van der Waals surface area contributed by atoms with Crippen molar-refractivity contribution in [2.24, 2.45) is 0 Å². The summed E-state index contributed by atoms with van der Waals surface area (Å²) in [7, 11) is 0. The summed E-state index contributed by atoms with van der Waals surface area (Å²) in [4.78, 5) is 5.14. The van der Waals surface area contributed by atoms with Crippen LogP contribution in [0.4, 0.5) is 0 Å². The van der Waals surface area contributed by atoms with E-state index in [1.54, 1.807) is 0 Å². The second-order valence-corrected chi connectivity index (χ2v) is 13.3. The molecule has 0 aliphatic carbocycles. The Labute approximate surface area is 290 Å². The van der Waals surface area contributed by atoms with Crippen molar-refractivity contribution in [1.82, 2.24) is 27.5 Å². The highest BCUT2D eigenvalue weighted by Crippen LogP contribution is 2.38. The van der Waals surface area contributed by atoms with Crippen molar-refractivity contribution in [3.05, 3.63) is 170 Å². The molecule has 0 saturated carbocycles. The Bertz CT molecular complexity index is 3330. The van der Waals surface area contributed by atoms with Crippen molar-refractivity contribution in [1.29, 1.82) is 0 Å². The van der Waals surface area contributed by atoms with Gasteiger partial charge in [0.15, 0.2) is 0 Å². The molecule has 0 saturated heterocycles. The van der Waals surface area contributed by atoms with Crippen LogP contribution in [0.25, 0.3) is 94.3 Å². The van der Waals surface area contributed by atoms with Gasteiger partial charge in [-0.05, 0) is 84.9 Å². The van der Waals surface area contributed by atoms with E-state index in [4.69, 9.17) is 4.98 Å². The van der Waals surface area contributed by atoms with Gasteiger partial charge in [0.25, 0.3) is 0 Å². The monoisotopic (exact) mass is 652 g/mol. The van der Waals surface area contributed by atoms with Gasteiger partial charge in [0.1, 0.15) is 5.65 Å². The van der Waals surface area contributed by atoms with E-state index in [0.717, 1.165) is 50.4 Å². The molecule has 0 aliphatic heterocycles. The van der Waals surface area contributed by atoms with Crippen LogP contribution in [0.5, 0.6) is 0 Å². The van der Waals surface area contributed by atoms with Gasteiger partial charge >= 0.3 is 0 Å². The molecule has 51 heavy (non-hydrogen) atoms. The molecular weight excluding hydrogens is 625 g/mol. The minimum atomic E-state index is 0.904. The van der Waals surface area contributed by atoms with E-state index in [1.165, 1.54) is 43.9 Å². The minimum Gasteiger partial charge on any atom is -0.309 e. The highest BCUT2D eigenvalue weighted by atomic mass is 15.2. The fraction of sp³-hybridized carbons (Fsp3) is 0. The molecule has 5 heterocycles. The summed E-state index contributed by atoms with van der Waals surface area (Å²) >= 11 is 0. The van der Waals surface area contributed by atoms with Crippen LogP contribution in [-0.4, -0.2) is 27.5 Å². The topological polar surface area (TPSA) is 36.5 Å². The second kappa shape index (κ2) is 9.77. The zero-order valence-electron chi connectivity index (χ0n) is 27.3. The van der Waals surface area contributed by atoms with Gasteiger partial charge < -0.3 is 4.57 Å². The standard InChI is InChI=1S/C45H28N6/c1-4-18-35-31(15-1)32-16-2-5-19-36(32)49(35)37-25-12-26-38-33(37)28-44-47(40-21-7-9-23-42(40)50(38)44)29-13-11-14-30(27-29)48-41-22-8-10-24-43(41)51-39-20-6-3-17-34(39)46-45(48)51/h1-28H. The second-order valence-electron chi connectivity index (χ2n) is 13.3. The number of para-hydroxylation sites is 8. The SMILES string of the molecule is c1cc(-n2c3ccccc3n3c4cccc(-n5c6ccccc6c6ccccc65)c4cc23)cc(-n2c3ccccc3n3c4ccccc4nc23)c1. The van der Waals surface area contributed by atoms with Gasteiger partial charge in [-0.25, -0.2) is 4.98 Å². The third kappa shape index (κ3) is 3.48. The lowest BCUT2D eigenvalue weighted by atomic mass is 10.2. The Balaban J connectivity index is 1.14. The number of nitrogens with zero attached hydrogens (tertiary/aromatic N) is 6. The van der Waals surface area contributed by atoms with E-state index in [1.807, 2.05) is 0 Å². The lowest BCUT2D eigenvalue weighted by Crippen LogP contribution is -1.99. The number of benzene rings is 7. The third-order valence-corrected chi connectivity index (χ3v) is 10.7. The first kappa shape index (κ1) is 26.9. The molecule has 12 aromatic rings. The quantitative estimate of drug-likeness (QED) is 0.187. The predicted octanol–water partition coefficient (Wildman–Crippen LogP) is 10.9. The number of hydrogen-bond acceptors (Lipinski definition) is 1. The lowest BCUT2D eigenvalue weighted by molar-refractivity contribution is 1.09. The minimum absolute atomic E-state index is 0.904. The first-order chi connectivity index (χ1) is 25.3. The van der Waals surface area contributed by atoms with Gasteiger partial charge in [0.2, 0.25) is 5.78 Å². The Morgan fingerprint density at radius 2 is 0.863 bits per heavy atom. The maximum atomic E-state index is 5.14. The van der Waals surface area contributed by atoms with Crippen LogP contribution in [0.2, 0.25) is 0 Å². The van der Waals surface area contributed by atoms with Gasteiger partial charge in [-0.3, -0.25) is 17.9 Å². The molecule has 0 atom stereocenters. The zero-order chi connectivity index (χ0) is 33.2. The predicted molar refractivity (Wildman–Crippen MR) is 209 cm³/mol. The normalized spacial score (nSPS) is 12.3. The van der Waals surface area contributed by atoms with E-state index in [-0.39, 0.29) is 0 Å². The van der Waals surface area contributed by atoms with Crippen LogP contribution in [0.15, 0.2) is 170 Å². The maximum Gasteiger partial charge on any atom is 0.220 e. The van der Waals surface area contributed by atoms with E-state index in [0.29, 0.717) is 0 Å². The van der Waals surface area contributed by atoms with Crippen molar-refractivity contribution in [3.8, 4) is 17.1 Å². The fourth-order valence-electron chi connectivity index (χ4n) is 8.61. The van der Waals surface area contributed by atoms with Crippen LogP contribution < -0.4 is 0 Å². The van der Waals surface area contributed by atoms with Crippen molar-refractivity contribution in [3.63, 3.8) is 0 Å². The molecule has 0 spiro atoms. The molecule has 0 amide bonds. The molecule has 6 nitrogen and oxygen atoms in total. The number of imidazole rings is 3. The largest absolute Gasteiger partial charge is 0.309 e. The summed E-state index contributed by atoms with van der Waals surface area (Å²) in [6.45, 7) is 0. The number of fused-ring (bicyclic) bond motifs is 13. The smallest absolute Gasteiger partial charge is 0.220 e. The molecule has 0 fully saturated rings. The van der Waals surface area contributed by atoms with Crippen LogP contribution in [0.3, 0.4) is 0 Å². The highest BCUT2D eigenvalue weighted by Gasteiger charge is 2.21. The first-order valence-electron chi connectivity index (χ1n) is 17.3. The third-order valence-electron chi connectivity index (χ3n) is 10.7. The molecule has 0 unspecified atom stereocenters. The summed E-state index contributed by atoms with van der Waals surface area (Å²) in [5.41, 5.74) is 14.7. The molecule has 6 heteroatoms. The summed E-state index contributed by atoms with van der Waals surface area (Å²) in [6.07, 6.45) is 0. The van der Waals surface area contributed by atoms with Crippen molar-refractivity contribution < 1.29 is 0 Å². The van der Waals surface area contributed by atoms with Crippen molar-refractivity contribution in [2.75, 3.05) is 0 Å². The van der Waals surface area contributed by atoms with E-state index < -0.39 is 0 Å². The molecule has 0 bridgehead atoms. The summed E-state index contributed by atoms with van der Waals surface area (Å²) in [6, 6.07) is 61.0. The van der Waals surface area contributed by atoms with Gasteiger partial charge in [0.05, 0.1) is 61.0 Å². The summed E-state index contributed by atoms with van der Waals surface area (Å²) in [5.74, 6) is 0.904.